The van der Waals surface area contributed by atoms with E-state index < -0.39 is 0 Å². The van der Waals surface area contributed by atoms with E-state index in [2.05, 4.69) is 139 Å². The predicted molar refractivity (Wildman–Crippen MR) is 190 cm³/mol. The lowest BCUT2D eigenvalue weighted by atomic mass is 9.96. The van der Waals surface area contributed by atoms with E-state index >= 15 is 0 Å². The van der Waals surface area contributed by atoms with Crippen LogP contribution >= 0.6 is 0 Å². The van der Waals surface area contributed by atoms with Gasteiger partial charge in [0.2, 0.25) is 0 Å². The van der Waals surface area contributed by atoms with Gasteiger partial charge in [0.05, 0.1) is 6.04 Å². The van der Waals surface area contributed by atoms with Crippen LogP contribution in [0.4, 0.5) is 11.4 Å². The van der Waals surface area contributed by atoms with Crippen LogP contribution in [0.3, 0.4) is 0 Å². The van der Waals surface area contributed by atoms with Crippen molar-refractivity contribution in [1.82, 2.24) is 4.57 Å². The van der Waals surface area contributed by atoms with E-state index in [4.69, 9.17) is 0 Å². The lowest BCUT2D eigenvalue weighted by Crippen LogP contribution is -2.34. The van der Waals surface area contributed by atoms with Crippen LogP contribution in [-0.4, -0.2) is 10.6 Å². The summed E-state index contributed by atoms with van der Waals surface area (Å²) in [6, 6.07) is 17.7. The fourth-order valence-electron chi connectivity index (χ4n) is 6.05. The van der Waals surface area contributed by atoms with E-state index in [1.807, 2.05) is 44.2 Å². The summed E-state index contributed by atoms with van der Waals surface area (Å²) in [6.45, 7) is 18.2. The Hall–Kier alpha value is -4.76. The largest absolute Gasteiger partial charge is 0.347 e. The molecular formula is C40H45N3. The number of anilines is 2. The highest BCUT2D eigenvalue weighted by Gasteiger charge is 2.26. The Morgan fingerprint density at radius 2 is 1.53 bits per heavy atom. The van der Waals surface area contributed by atoms with E-state index in [9.17, 15) is 0 Å². The average molecular weight is 568 g/mol. The summed E-state index contributed by atoms with van der Waals surface area (Å²) in [5, 5.41) is 1.24. The Morgan fingerprint density at radius 1 is 0.860 bits per heavy atom. The first-order chi connectivity index (χ1) is 21.0. The number of benzene rings is 2. The van der Waals surface area contributed by atoms with Crippen molar-refractivity contribution in [2.45, 2.75) is 46.1 Å². The zero-order chi connectivity index (χ0) is 30.8. The summed E-state index contributed by atoms with van der Waals surface area (Å²) in [6.07, 6.45) is 27.8. The molecule has 0 spiro atoms. The summed E-state index contributed by atoms with van der Waals surface area (Å²) in [7, 11) is 2.19. The minimum atomic E-state index is 0.193. The molecule has 0 aliphatic heterocycles. The van der Waals surface area contributed by atoms with Gasteiger partial charge in [0.25, 0.3) is 0 Å². The van der Waals surface area contributed by atoms with Crippen LogP contribution in [0, 0.1) is 0 Å². The topological polar surface area (TPSA) is 11.4 Å². The van der Waals surface area contributed by atoms with E-state index in [-0.39, 0.29) is 6.04 Å². The molecule has 220 valence electrons. The van der Waals surface area contributed by atoms with Gasteiger partial charge >= 0.3 is 0 Å². The smallest absolute Gasteiger partial charge is 0.0553 e. The van der Waals surface area contributed by atoms with Crippen LogP contribution in [0.15, 0.2) is 152 Å². The summed E-state index contributed by atoms with van der Waals surface area (Å²) in [4.78, 5) is 4.76. The number of aromatic nitrogens is 1. The quantitative estimate of drug-likeness (QED) is 0.150. The van der Waals surface area contributed by atoms with E-state index in [1.54, 1.807) is 0 Å². The van der Waals surface area contributed by atoms with Crippen molar-refractivity contribution in [3.8, 4) is 0 Å². The Labute approximate surface area is 258 Å². The number of para-hydroxylation sites is 1. The number of nitrogens with zero attached hydrogens (tertiary/aromatic N) is 3. The standard InChI is InChI=1S/C40H45N3/c1-8-17-31(18-9-2)42(32(19-10-3)20-11-4)35-25-27-39-37(29-35)38-30-36(26-28-40(38)41(39)7)43(33(21-12-5)22-13-6)34-23-15-14-16-24-34/h8-20,22-25,27,29-30,33H,1,3,5,21,26,28H2,2,4,6-7H3/b18-9-,20-11-,22-13-,31-17+,32-19+. The molecule has 0 saturated heterocycles. The molecule has 1 aliphatic rings. The van der Waals surface area contributed by atoms with Crippen molar-refractivity contribution < 1.29 is 0 Å². The number of hydrogen-bond acceptors (Lipinski definition) is 2. The minimum Gasteiger partial charge on any atom is -0.347 e. The third-order valence-electron chi connectivity index (χ3n) is 7.80. The van der Waals surface area contributed by atoms with Gasteiger partial charge in [0.1, 0.15) is 0 Å². The molecule has 0 radical (unpaired) electrons. The third-order valence-corrected chi connectivity index (χ3v) is 7.80. The van der Waals surface area contributed by atoms with Crippen molar-refractivity contribution in [3.63, 3.8) is 0 Å². The first-order valence-electron chi connectivity index (χ1n) is 15.1. The van der Waals surface area contributed by atoms with Gasteiger partial charge in [0, 0.05) is 57.7 Å². The Kier molecular flexibility index (Phi) is 10.8. The lowest BCUT2D eigenvalue weighted by Gasteiger charge is -2.35. The number of fused-ring (bicyclic) bond motifs is 3. The van der Waals surface area contributed by atoms with Crippen molar-refractivity contribution in [3.05, 3.63) is 163 Å². The normalized spacial score (nSPS) is 14.7. The van der Waals surface area contributed by atoms with Crippen LogP contribution in [0.1, 0.15) is 44.9 Å². The van der Waals surface area contributed by atoms with Crippen LogP contribution in [-0.2, 0) is 13.5 Å². The molecule has 1 atom stereocenters. The molecule has 1 aliphatic carbocycles. The molecule has 1 unspecified atom stereocenters. The van der Waals surface area contributed by atoms with E-state index in [1.165, 1.54) is 33.5 Å². The van der Waals surface area contributed by atoms with Crippen molar-refractivity contribution in [2.75, 3.05) is 9.80 Å². The maximum absolute atomic E-state index is 4.07. The highest BCUT2D eigenvalue weighted by Crippen LogP contribution is 2.39. The second kappa shape index (κ2) is 14.9. The molecule has 0 saturated carbocycles. The lowest BCUT2D eigenvalue weighted by molar-refractivity contribution is 0.710. The molecule has 0 N–H and O–H groups in total. The zero-order valence-corrected chi connectivity index (χ0v) is 26.2. The molecule has 3 aromatic rings. The SMILES string of the molecule is C=C/C=C(\C=C/C)N(C(/C=C\C)=C/C=C)c1ccc2c(c1)c1c(n2C)CCC(N(c2ccccc2)C(/C=C\C)CC=C)=C1. The van der Waals surface area contributed by atoms with Crippen molar-refractivity contribution >= 4 is 28.4 Å². The fourth-order valence-corrected chi connectivity index (χ4v) is 6.05. The summed E-state index contributed by atoms with van der Waals surface area (Å²) in [5.74, 6) is 0. The summed E-state index contributed by atoms with van der Waals surface area (Å²) >= 11 is 0. The van der Waals surface area contributed by atoms with Crippen LogP contribution in [0.2, 0.25) is 0 Å². The van der Waals surface area contributed by atoms with Gasteiger partial charge in [-0.15, -0.1) is 6.58 Å². The van der Waals surface area contributed by atoms with Gasteiger partial charge < -0.3 is 14.4 Å². The molecule has 0 bridgehead atoms. The van der Waals surface area contributed by atoms with Gasteiger partial charge in [-0.05, 0) is 101 Å². The Bertz CT molecular complexity index is 1600. The zero-order valence-electron chi connectivity index (χ0n) is 26.2. The number of hydrogen-bond donors (Lipinski definition) is 0. The van der Waals surface area contributed by atoms with Gasteiger partial charge in [-0.2, -0.15) is 0 Å². The molecule has 2 aromatic carbocycles. The average Bonchev–Trinajstić information content (AvgIpc) is 3.29. The van der Waals surface area contributed by atoms with E-state index in [0.717, 1.165) is 36.3 Å². The van der Waals surface area contributed by atoms with Crippen LogP contribution in [0.25, 0.3) is 17.0 Å². The third kappa shape index (κ3) is 6.67. The van der Waals surface area contributed by atoms with Crippen molar-refractivity contribution in [2.24, 2.45) is 7.05 Å². The molecule has 1 aromatic heterocycles. The molecule has 1 heterocycles. The first kappa shape index (κ1) is 31.2. The highest BCUT2D eigenvalue weighted by molar-refractivity contribution is 5.95. The number of rotatable bonds is 13. The number of aryl methyl sites for hydroxylation is 1. The van der Waals surface area contributed by atoms with Crippen LogP contribution < -0.4 is 9.80 Å². The summed E-state index contributed by atoms with van der Waals surface area (Å²) in [5.41, 5.74) is 9.54. The maximum Gasteiger partial charge on any atom is 0.0553 e. The maximum atomic E-state index is 4.07. The summed E-state index contributed by atoms with van der Waals surface area (Å²) < 4.78 is 2.37. The molecule has 43 heavy (non-hydrogen) atoms. The molecule has 4 rings (SSSR count). The molecule has 3 nitrogen and oxygen atoms in total. The van der Waals surface area contributed by atoms with Gasteiger partial charge in [-0.1, -0.05) is 73.9 Å². The first-order valence-corrected chi connectivity index (χ1v) is 15.1. The fraction of sp³-hybridized carbons (Fsp3) is 0.200. The molecule has 0 fully saturated rings. The monoisotopic (exact) mass is 567 g/mol. The highest BCUT2D eigenvalue weighted by atomic mass is 15.2. The Balaban J connectivity index is 1.96. The molecular weight excluding hydrogens is 522 g/mol. The van der Waals surface area contributed by atoms with Gasteiger partial charge in [-0.25, -0.2) is 0 Å². The number of allylic oxidation sites excluding steroid dienone is 10. The van der Waals surface area contributed by atoms with Crippen LogP contribution in [0.5, 0.6) is 0 Å². The Morgan fingerprint density at radius 3 is 2.12 bits per heavy atom. The predicted octanol–water partition coefficient (Wildman–Crippen LogP) is 10.6. The van der Waals surface area contributed by atoms with Gasteiger partial charge in [0.15, 0.2) is 0 Å². The van der Waals surface area contributed by atoms with Gasteiger partial charge in [-0.3, -0.25) is 0 Å². The second-order valence-electron chi connectivity index (χ2n) is 10.6. The molecule has 3 heteroatoms. The second-order valence-corrected chi connectivity index (χ2v) is 10.6. The minimum absolute atomic E-state index is 0.193. The van der Waals surface area contributed by atoms with Crippen molar-refractivity contribution in [1.29, 1.82) is 0 Å². The van der Waals surface area contributed by atoms with E-state index in [0.29, 0.717) is 0 Å². The molecule has 0 amide bonds.